The quantitative estimate of drug-likeness (QED) is 0.561. The number of benzene rings is 1. The number of carbonyl (C=O) groups is 1. The molecule has 174 valence electrons. The van der Waals surface area contributed by atoms with Crippen LogP contribution in [0.1, 0.15) is 70.8 Å². The molecule has 2 fully saturated rings. The standard InChI is InChI=1S/C24H34N4O3S/c1-16(23(29)25-18-9-7-8-10-18)32-24-27-26-22(28(24)19-11-5-4-6-12-19)17-13-14-20(30-2)21(15-17)31-3/h13-16,18-19H,4-12H2,1-3H3,(H,25,29). The first-order valence-electron chi connectivity index (χ1n) is 11.7. The number of thioether (sulfide) groups is 1. The van der Waals surface area contributed by atoms with Crippen molar-refractivity contribution in [3.8, 4) is 22.9 Å². The molecule has 2 aromatic rings. The lowest BCUT2D eigenvalue weighted by Gasteiger charge is -2.26. The number of rotatable bonds is 8. The molecule has 4 rings (SSSR count). The SMILES string of the molecule is COc1ccc(-c2nnc(SC(C)C(=O)NC3CCCC3)n2C2CCCCC2)cc1OC. The molecule has 1 aromatic carbocycles. The van der Waals surface area contributed by atoms with Crippen LogP contribution in [0.3, 0.4) is 0 Å². The highest BCUT2D eigenvalue weighted by atomic mass is 32.2. The van der Waals surface area contributed by atoms with Crippen molar-refractivity contribution in [1.29, 1.82) is 0 Å². The second kappa shape index (κ2) is 10.6. The van der Waals surface area contributed by atoms with Gasteiger partial charge in [-0.1, -0.05) is 43.9 Å². The maximum Gasteiger partial charge on any atom is 0.233 e. The van der Waals surface area contributed by atoms with Crippen molar-refractivity contribution in [2.75, 3.05) is 14.2 Å². The van der Waals surface area contributed by atoms with E-state index >= 15 is 0 Å². The Morgan fingerprint density at radius 1 is 1.03 bits per heavy atom. The van der Waals surface area contributed by atoms with Gasteiger partial charge in [0.25, 0.3) is 0 Å². The molecule has 7 nitrogen and oxygen atoms in total. The maximum atomic E-state index is 12.8. The summed E-state index contributed by atoms with van der Waals surface area (Å²) in [5, 5.41) is 12.9. The Morgan fingerprint density at radius 3 is 2.41 bits per heavy atom. The molecule has 0 saturated heterocycles. The van der Waals surface area contributed by atoms with Gasteiger partial charge in [-0.15, -0.1) is 10.2 Å². The Labute approximate surface area is 194 Å². The van der Waals surface area contributed by atoms with Crippen LogP contribution in [0.5, 0.6) is 11.5 Å². The highest BCUT2D eigenvalue weighted by molar-refractivity contribution is 8.00. The predicted molar refractivity (Wildman–Crippen MR) is 126 cm³/mol. The molecule has 0 bridgehead atoms. The Kier molecular flexibility index (Phi) is 7.60. The monoisotopic (exact) mass is 458 g/mol. The van der Waals surface area contributed by atoms with Gasteiger partial charge in [0, 0.05) is 17.6 Å². The van der Waals surface area contributed by atoms with Crippen molar-refractivity contribution in [1.82, 2.24) is 20.1 Å². The number of hydrogen-bond donors (Lipinski definition) is 1. The maximum absolute atomic E-state index is 12.8. The van der Waals surface area contributed by atoms with E-state index in [1.807, 2.05) is 25.1 Å². The molecule has 2 aliphatic rings. The summed E-state index contributed by atoms with van der Waals surface area (Å²) in [6.45, 7) is 1.96. The van der Waals surface area contributed by atoms with Gasteiger partial charge in [-0.2, -0.15) is 0 Å². The molecule has 0 spiro atoms. The Morgan fingerprint density at radius 2 is 1.72 bits per heavy atom. The van der Waals surface area contributed by atoms with Crippen LogP contribution in [0.25, 0.3) is 11.4 Å². The van der Waals surface area contributed by atoms with Crippen molar-refractivity contribution in [3.05, 3.63) is 18.2 Å². The number of hydrogen-bond acceptors (Lipinski definition) is 6. The molecule has 2 saturated carbocycles. The molecule has 0 aliphatic heterocycles. The molecule has 2 aliphatic carbocycles. The van der Waals surface area contributed by atoms with E-state index in [0.29, 0.717) is 23.6 Å². The lowest BCUT2D eigenvalue weighted by molar-refractivity contribution is -0.120. The van der Waals surface area contributed by atoms with E-state index in [1.54, 1.807) is 14.2 Å². The van der Waals surface area contributed by atoms with Crippen LogP contribution < -0.4 is 14.8 Å². The minimum absolute atomic E-state index is 0.0905. The molecular weight excluding hydrogens is 424 g/mol. The van der Waals surface area contributed by atoms with Crippen molar-refractivity contribution >= 4 is 17.7 Å². The molecule has 1 aromatic heterocycles. The molecule has 32 heavy (non-hydrogen) atoms. The van der Waals surface area contributed by atoms with Gasteiger partial charge in [0.1, 0.15) is 0 Å². The van der Waals surface area contributed by atoms with E-state index in [-0.39, 0.29) is 11.2 Å². The number of methoxy groups -OCH3 is 2. The highest BCUT2D eigenvalue weighted by Crippen LogP contribution is 2.38. The van der Waals surface area contributed by atoms with Crippen LogP contribution >= 0.6 is 11.8 Å². The van der Waals surface area contributed by atoms with E-state index in [9.17, 15) is 4.79 Å². The van der Waals surface area contributed by atoms with Crippen LogP contribution in [0.15, 0.2) is 23.4 Å². The number of aromatic nitrogens is 3. The first-order chi connectivity index (χ1) is 15.6. The topological polar surface area (TPSA) is 78.3 Å². The van der Waals surface area contributed by atoms with Crippen LogP contribution in [0, 0.1) is 0 Å². The zero-order chi connectivity index (χ0) is 22.5. The fourth-order valence-electron chi connectivity index (χ4n) is 4.80. The lowest BCUT2D eigenvalue weighted by atomic mass is 9.95. The molecule has 1 amide bonds. The molecule has 1 atom stereocenters. The van der Waals surface area contributed by atoms with E-state index in [4.69, 9.17) is 9.47 Å². The van der Waals surface area contributed by atoms with Gasteiger partial charge in [-0.05, 0) is 50.8 Å². The normalized spacial score (nSPS) is 18.5. The predicted octanol–water partition coefficient (Wildman–Crippen LogP) is 5.01. The van der Waals surface area contributed by atoms with Gasteiger partial charge in [0.15, 0.2) is 22.5 Å². The average Bonchev–Trinajstić information content (AvgIpc) is 3.49. The van der Waals surface area contributed by atoms with Crippen molar-refractivity contribution < 1.29 is 14.3 Å². The Hall–Kier alpha value is -2.22. The summed E-state index contributed by atoms with van der Waals surface area (Å²) >= 11 is 1.51. The van der Waals surface area contributed by atoms with Gasteiger partial charge in [0.05, 0.1) is 19.5 Å². The van der Waals surface area contributed by atoms with Crippen molar-refractivity contribution in [2.45, 2.75) is 87.2 Å². The Balaban J connectivity index is 1.61. The summed E-state index contributed by atoms with van der Waals surface area (Å²) in [5.41, 5.74) is 0.940. The van der Waals surface area contributed by atoms with Crippen molar-refractivity contribution in [2.24, 2.45) is 0 Å². The van der Waals surface area contributed by atoms with E-state index in [0.717, 1.165) is 42.2 Å². The van der Waals surface area contributed by atoms with Crippen LogP contribution in [0.2, 0.25) is 0 Å². The third-order valence-electron chi connectivity index (χ3n) is 6.60. The van der Waals surface area contributed by atoms with Gasteiger partial charge in [-0.3, -0.25) is 9.36 Å². The summed E-state index contributed by atoms with van der Waals surface area (Å²) < 4.78 is 13.2. The number of ether oxygens (including phenoxy) is 2. The van der Waals surface area contributed by atoms with Gasteiger partial charge >= 0.3 is 0 Å². The second-order valence-corrected chi connectivity index (χ2v) is 10.1. The fourth-order valence-corrected chi connectivity index (χ4v) is 5.73. The van der Waals surface area contributed by atoms with Gasteiger partial charge < -0.3 is 14.8 Å². The molecule has 1 unspecified atom stereocenters. The van der Waals surface area contributed by atoms with E-state index in [1.165, 1.54) is 43.9 Å². The summed E-state index contributed by atoms with van der Waals surface area (Å²) in [5.74, 6) is 2.27. The second-order valence-electron chi connectivity index (χ2n) is 8.79. The number of nitrogens with one attached hydrogen (secondary N) is 1. The first kappa shape index (κ1) is 23.0. The van der Waals surface area contributed by atoms with Gasteiger partial charge in [-0.25, -0.2) is 0 Å². The molecule has 1 heterocycles. The number of nitrogens with zero attached hydrogens (tertiary/aromatic N) is 3. The molecular formula is C24H34N4O3S. The summed E-state index contributed by atoms with van der Waals surface area (Å²) in [6, 6.07) is 6.51. The van der Waals surface area contributed by atoms with E-state index < -0.39 is 0 Å². The van der Waals surface area contributed by atoms with Crippen LogP contribution in [-0.2, 0) is 4.79 Å². The lowest BCUT2D eigenvalue weighted by Crippen LogP contribution is -2.37. The number of amides is 1. The largest absolute Gasteiger partial charge is 0.493 e. The minimum Gasteiger partial charge on any atom is -0.493 e. The highest BCUT2D eigenvalue weighted by Gasteiger charge is 2.28. The zero-order valence-electron chi connectivity index (χ0n) is 19.3. The third-order valence-corrected chi connectivity index (χ3v) is 7.66. The first-order valence-corrected chi connectivity index (χ1v) is 12.6. The Bertz CT molecular complexity index is 920. The van der Waals surface area contributed by atoms with Crippen LogP contribution in [0.4, 0.5) is 0 Å². The molecule has 1 N–H and O–H groups in total. The summed E-state index contributed by atoms with van der Waals surface area (Å²) in [7, 11) is 3.27. The summed E-state index contributed by atoms with van der Waals surface area (Å²) in [6.07, 6.45) is 10.5. The minimum atomic E-state index is -0.222. The van der Waals surface area contributed by atoms with E-state index in [2.05, 4.69) is 20.1 Å². The number of carbonyl (C=O) groups excluding carboxylic acids is 1. The van der Waals surface area contributed by atoms with Crippen LogP contribution in [-0.4, -0.2) is 46.2 Å². The zero-order valence-corrected chi connectivity index (χ0v) is 20.1. The van der Waals surface area contributed by atoms with Crippen molar-refractivity contribution in [3.63, 3.8) is 0 Å². The molecule has 8 heteroatoms. The average molecular weight is 459 g/mol. The third kappa shape index (κ3) is 5.05. The fraction of sp³-hybridized carbons (Fsp3) is 0.625. The summed E-state index contributed by atoms with van der Waals surface area (Å²) in [4.78, 5) is 12.8. The molecule has 0 radical (unpaired) electrons. The van der Waals surface area contributed by atoms with Gasteiger partial charge in [0.2, 0.25) is 5.91 Å². The smallest absolute Gasteiger partial charge is 0.233 e.